The van der Waals surface area contributed by atoms with E-state index in [1.54, 1.807) is 19.1 Å². The highest BCUT2D eigenvalue weighted by Crippen LogP contribution is 2.31. The third kappa shape index (κ3) is 8.94. The zero-order valence-electron chi connectivity index (χ0n) is 23.7. The van der Waals surface area contributed by atoms with E-state index in [-0.39, 0.29) is 25.4 Å². The van der Waals surface area contributed by atoms with Crippen molar-refractivity contribution in [1.82, 2.24) is 4.98 Å². The summed E-state index contributed by atoms with van der Waals surface area (Å²) in [5.74, 6) is 0.712. The highest BCUT2D eigenvalue weighted by atomic mass is 19.4. The average Bonchev–Trinajstić information content (AvgIpc) is 3.36. The van der Waals surface area contributed by atoms with E-state index in [4.69, 9.17) is 18.6 Å². The summed E-state index contributed by atoms with van der Waals surface area (Å²) in [4.78, 5) is 17.0. The third-order valence-electron chi connectivity index (χ3n) is 6.38. The zero-order valence-corrected chi connectivity index (χ0v) is 23.7. The third-order valence-corrected chi connectivity index (χ3v) is 6.38. The lowest BCUT2D eigenvalue weighted by atomic mass is 10.1. The number of oxazole rings is 1. The first-order chi connectivity index (χ1) is 20.6. The maximum absolute atomic E-state index is 14.1. The monoisotopic (exact) mass is 597 g/mol. The number of benzene rings is 3. The minimum Gasteiger partial charge on any atom is -0.493 e. The molecule has 0 spiro atoms. The number of hydrogen-bond donors (Lipinski definition) is 0. The Kier molecular flexibility index (Phi) is 10.6. The molecule has 1 unspecified atom stereocenters. The van der Waals surface area contributed by atoms with Crippen molar-refractivity contribution < 1.29 is 41.0 Å². The molecule has 10 heteroatoms. The minimum atomic E-state index is -4.48. The van der Waals surface area contributed by atoms with E-state index in [1.165, 1.54) is 18.2 Å². The molecule has 0 aliphatic rings. The average molecular weight is 598 g/mol. The van der Waals surface area contributed by atoms with Crippen LogP contribution in [0.2, 0.25) is 0 Å². The molecule has 6 nitrogen and oxygen atoms in total. The molecular weight excluding hydrogens is 566 g/mol. The van der Waals surface area contributed by atoms with Gasteiger partial charge in [-0.15, -0.1) is 0 Å². The Labute approximate surface area is 246 Å². The summed E-state index contributed by atoms with van der Waals surface area (Å²) < 4.78 is 75.1. The highest BCUT2D eigenvalue weighted by Gasteiger charge is 2.30. The van der Waals surface area contributed by atoms with Gasteiger partial charge in [0.1, 0.15) is 23.1 Å². The van der Waals surface area contributed by atoms with Crippen molar-refractivity contribution in [2.24, 2.45) is 0 Å². The van der Waals surface area contributed by atoms with Crippen LogP contribution in [0.15, 0.2) is 83.3 Å². The molecule has 0 amide bonds. The molecule has 4 aromatic rings. The van der Waals surface area contributed by atoms with Gasteiger partial charge in [0.25, 0.3) is 0 Å². The zero-order chi connectivity index (χ0) is 30.8. The summed E-state index contributed by atoms with van der Waals surface area (Å²) in [6.07, 6.45) is -1.13. The predicted octanol–water partition coefficient (Wildman–Crippen LogP) is 8.23. The van der Waals surface area contributed by atoms with Crippen LogP contribution in [-0.2, 0) is 22.1 Å². The molecule has 226 valence electrons. The van der Waals surface area contributed by atoms with Crippen molar-refractivity contribution in [1.29, 1.82) is 0 Å². The van der Waals surface area contributed by atoms with Crippen LogP contribution in [0.4, 0.5) is 17.6 Å². The number of allylic oxidation sites excluding steroid dienone is 1. The number of aryl methyl sites for hydroxylation is 1. The van der Waals surface area contributed by atoms with Gasteiger partial charge < -0.3 is 18.6 Å². The minimum absolute atomic E-state index is 0.106. The van der Waals surface area contributed by atoms with Crippen molar-refractivity contribution in [3.05, 3.63) is 107 Å². The van der Waals surface area contributed by atoms with Gasteiger partial charge in [0.05, 0.1) is 24.5 Å². The fourth-order valence-electron chi connectivity index (χ4n) is 4.21. The first-order valence-corrected chi connectivity index (χ1v) is 13.7. The fraction of sp³-hybridized carbons (Fsp3) is 0.273. The second-order valence-electron chi connectivity index (χ2n) is 9.53. The Morgan fingerprint density at radius 2 is 1.79 bits per heavy atom. The van der Waals surface area contributed by atoms with Gasteiger partial charge >= 0.3 is 12.1 Å². The quantitative estimate of drug-likeness (QED) is 0.114. The van der Waals surface area contributed by atoms with Crippen LogP contribution in [0.5, 0.6) is 11.5 Å². The molecule has 0 saturated carbocycles. The Bertz CT molecular complexity index is 1510. The summed E-state index contributed by atoms with van der Waals surface area (Å²) in [6, 6.07) is 17.8. The van der Waals surface area contributed by atoms with E-state index in [0.717, 1.165) is 35.5 Å². The molecule has 1 atom stereocenters. The molecule has 0 bridgehead atoms. The van der Waals surface area contributed by atoms with Crippen LogP contribution in [0, 0.1) is 12.7 Å². The van der Waals surface area contributed by atoms with E-state index in [2.05, 4.69) is 4.98 Å². The first-order valence-electron chi connectivity index (χ1n) is 13.7. The normalized spacial score (nSPS) is 12.3. The van der Waals surface area contributed by atoms with Gasteiger partial charge in [-0.2, -0.15) is 13.2 Å². The topological polar surface area (TPSA) is 70.8 Å². The van der Waals surface area contributed by atoms with Crippen LogP contribution >= 0.6 is 0 Å². The van der Waals surface area contributed by atoms with E-state index in [9.17, 15) is 22.4 Å². The van der Waals surface area contributed by atoms with Crippen LogP contribution in [-0.4, -0.2) is 30.3 Å². The first kappa shape index (κ1) is 31.3. The lowest BCUT2D eigenvalue weighted by Gasteiger charge is -2.17. The van der Waals surface area contributed by atoms with Crippen LogP contribution in [0.1, 0.15) is 42.3 Å². The van der Waals surface area contributed by atoms with Crippen molar-refractivity contribution in [2.75, 3.05) is 13.2 Å². The fourth-order valence-corrected chi connectivity index (χ4v) is 4.21. The van der Waals surface area contributed by atoms with Crippen LogP contribution in [0.3, 0.4) is 0 Å². The molecule has 0 aliphatic heterocycles. The van der Waals surface area contributed by atoms with Gasteiger partial charge in [-0.3, -0.25) is 0 Å². The van der Waals surface area contributed by atoms with E-state index >= 15 is 0 Å². The van der Waals surface area contributed by atoms with E-state index in [1.807, 2.05) is 37.3 Å². The summed E-state index contributed by atoms with van der Waals surface area (Å²) in [7, 11) is 0. The number of halogens is 4. The second kappa shape index (κ2) is 14.5. The van der Waals surface area contributed by atoms with Gasteiger partial charge in [-0.25, -0.2) is 14.2 Å². The van der Waals surface area contributed by atoms with Crippen molar-refractivity contribution >= 4 is 12.0 Å². The number of carbonyl (C=O) groups is 1. The Morgan fingerprint density at radius 1 is 1.05 bits per heavy atom. The van der Waals surface area contributed by atoms with Gasteiger partial charge in [-0.1, -0.05) is 30.4 Å². The van der Waals surface area contributed by atoms with Crippen LogP contribution < -0.4 is 9.47 Å². The number of carbonyl (C=O) groups excluding carboxylic acids is 1. The molecule has 0 aliphatic carbocycles. The largest absolute Gasteiger partial charge is 0.493 e. The molecule has 1 heterocycles. The highest BCUT2D eigenvalue weighted by molar-refractivity contribution is 5.75. The van der Waals surface area contributed by atoms with Crippen molar-refractivity contribution in [2.45, 2.75) is 45.4 Å². The molecule has 3 aromatic carbocycles. The second-order valence-corrected chi connectivity index (χ2v) is 9.53. The van der Waals surface area contributed by atoms with E-state index < -0.39 is 29.6 Å². The molecule has 43 heavy (non-hydrogen) atoms. The van der Waals surface area contributed by atoms with Gasteiger partial charge in [0, 0.05) is 17.5 Å². The molecule has 0 saturated heterocycles. The van der Waals surface area contributed by atoms with Gasteiger partial charge in [0.15, 0.2) is 6.10 Å². The molecule has 0 N–H and O–H groups in total. The van der Waals surface area contributed by atoms with Gasteiger partial charge in [0.2, 0.25) is 5.89 Å². The Morgan fingerprint density at radius 3 is 2.49 bits per heavy atom. The van der Waals surface area contributed by atoms with Crippen molar-refractivity contribution in [3.8, 4) is 23.0 Å². The summed E-state index contributed by atoms with van der Waals surface area (Å²) in [5, 5.41) is 0. The summed E-state index contributed by atoms with van der Waals surface area (Å²) in [5.41, 5.74) is 1.31. The molecule has 1 aromatic heterocycles. The number of nitrogens with zero attached hydrogens (tertiary/aromatic N) is 1. The maximum atomic E-state index is 14.1. The Hall–Kier alpha value is -4.60. The van der Waals surface area contributed by atoms with Crippen molar-refractivity contribution in [3.63, 3.8) is 0 Å². The molecule has 0 fully saturated rings. The lowest BCUT2D eigenvalue weighted by molar-refractivity contribution is -0.151. The lowest BCUT2D eigenvalue weighted by Crippen LogP contribution is -2.29. The number of ether oxygens (including phenoxy) is 3. The molecule has 4 rings (SSSR count). The predicted molar refractivity (Wildman–Crippen MR) is 153 cm³/mol. The Balaban J connectivity index is 1.36. The number of rotatable bonds is 13. The number of hydrogen-bond acceptors (Lipinski definition) is 6. The smallest absolute Gasteiger partial charge is 0.416 e. The summed E-state index contributed by atoms with van der Waals surface area (Å²) in [6.45, 7) is 3.88. The standard InChI is InChI=1S/C33H31F4NO5/c1-3-40-32(39)30(43-27-16-13-25(14-17-27)33(35,36)37)12-8-7-11-24-21-26(34)15-18-29(24)41-20-19-28-22(2)42-31(38-28)23-9-5-4-6-10-23/h4-7,9-11,13-18,21,30H,3,8,12,19-20H2,1-2H3. The SMILES string of the molecule is CCOC(=O)C(CCC=Cc1cc(F)ccc1OCCc1nc(-c2ccccc2)oc1C)Oc1ccc(C(F)(F)F)cc1. The molecule has 0 radical (unpaired) electrons. The van der Waals surface area contributed by atoms with E-state index in [0.29, 0.717) is 35.8 Å². The molecular formula is C33H31F4NO5. The van der Waals surface area contributed by atoms with Crippen LogP contribution in [0.25, 0.3) is 17.5 Å². The van der Waals surface area contributed by atoms with Gasteiger partial charge in [-0.05, 0) is 81.3 Å². The summed E-state index contributed by atoms with van der Waals surface area (Å²) >= 11 is 0. The number of alkyl halides is 3. The number of esters is 1. The maximum Gasteiger partial charge on any atom is 0.416 e. The number of aromatic nitrogens is 1.